The summed E-state index contributed by atoms with van der Waals surface area (Å²) in [6, 6.07) is 11.8. The molecule has 4 heteroatoms. The lowest BCUT2D eigenvalue weighted by atomic mass is 9.99. The minimum Gasteiger partial charge on any atom is -0.324 e. The van der Waals surface area contributed by atoms with E-state index in [2.05, 4.69) is 41.8 Å². The van der Waals surface area contributed by atoms with Gasteiger partial charge in [-0.1, -0.05) is 37.3 Å². The molecule has 2 N–H and O–H groups in total. The van der Waals surface area contributed by atoms with E-state index in [0.29, 0.717) is 31.5 Å². The Hall–Kier alpha value is -2.20. The van der Waals surface area contributed by atoms with Crippen molar-refractivity contribution in [2.45, 2.75) is 39.2 Å². The summed E-state index contributed by atoms with van der Waals surface area (Å²) in [7, 11) is 0. The summed E-state index contributed by atoms with van der Waals surface area (Å²) in [6.07, 6.45) is 2.68. The Labute approximate surface area is 142 Å². The summed E-state index contributed by atoms with van der Waals surface area (Å²) >= 11 is 0. The van der Waals surface area contributed by atoms with Gasteiger partial charge in [-0.15, -0.1) is 0 Å². The Bertz CT molecular complexity index is 725. The smallest absolute Gasteiger partial charge is 0.224 e. The molecule has 1 amide bonds. The molecule has 0 aliphatic carbocycles. The van der Waals surface area contributed by atoms with Crippen LogP contribution in [0.1, 0.15) is 35.6 Å². The van der Waals surface area contributed by atoms with Gasteiger partial charge < -0.3 is 10.6 Å². The van der Waals surface area contributed by atoms with Crippen molar-refractivity contribution >= 4 is 11.6 Å². The van der Waals surface area contributed by atoms with Gasteiger partial charge in [0.05, 0.1) is 5.69 Å². The lowest BCUT2D eigenvalue weighted by molar-refractivity contribution is -0.116. The van der Waals surface area contributed by atoms with E-state index in [1.54, 1.807) is 6.07 Å². The van der Waals surface area contributed by atoms with Crippen LogP contribution in [0, 0.1) is 5.82 Å². The zero-order chi connectivity index (χ0) is 16.9. The molecular formula is C20H23FN2O. The maximum absolute atomic E-state index is 14.5. The summed E-state index contributed by atoms with van der Waals surface area (Å²) < 4.78 is 14.5. The van der Waals surface area contributed by atoms with Gasteiger partial charge in [0.15, 0.2) is 0 Å². The highest BCUT2D eigenvalue weighted by atomic mass is 19.1. The normalized spacial score (nSPS) is 13.4. The highest BCUT2D eigenvalue weighted by molar-refractivity contribution is 5.91. The van der Waals surface area contributed by atoms with E-state index in [1.165, 1.54) is 5.56 Å². The van der Waals surface area contributed by atoms with Gasteiger partial charge in [-0.3, -0.25) is 4.79 Å². The number of hydrogen-bond acceptors (Lipinski definition) is 2. The number of benzene rings is 2. The highest BCUT2D eigenvalue weighted by Gasteiger charge is 2.17. The lowest BCUT2D eigenvalue weighted by Crippen LogP contribution is -2.25. The minimum absolute atomic E-state index is 0.151. The minimum atomic E-state index is -0.283. The van der Waals surface area contributed by atoms with Crippen molar-refractivity contribution in [2.24, 2.45) is 0 Å². The van der Waals surface area contributed by atoms with Crippen molar-refractivity contribution in [1.82, 2.24) is 5.32 Å². The first kappa shape index (κ1) is 16.7. The highest BCUT2D eigenvalue weighted by Crippen LogP contribution is 2.24. The number of halogens is 1. The first-order valence-corrected chi connectivity index (χ1v) is 8.56. The molecule has 0 atom stereocenters. The maximum Gasteiger partial charge on any atom is 0.224 e. The molecule has 0 saturated heterocycles. The van der Waals surface area contributed by atoms with Gasteiger partial charge >= 0.3 is 0 Å². The number of amides is 1. The first-order valence-electron chi connectivity index (χ1n) is 8.56. The quantitative estimate of drug-likeness (QED) is 0.881. The third-order valence-corrected chi connectivity index (χ3v) is 4.55. The van der Waals surface area contributed by atoms with Crippen molar-refractivity contribution in [1.29, 1.82) is 0 Å². The second-order valence-corrected chi connectivity index (χ2v) is 6.21. The van der Waals surface area contributed by atoms with Crippen LogP contribution < -0.4 is 10.6 Å². The number of fused-ring (bicyclic) bond motifs is 1. The van der Waals surface area contributed by atoms with Crippen molar-refractivity contribution in [3.8, 4) is 0 Å². The number of anilines is 1. The monoisotopic (exact) mass is 326 g/mol. The Morgan fingerprint density at radius 2 is 1.92 bits per heavy atom. The summed E-state index contributed by atoms with van der Waals surface area (Å²) in [5.41, 5.74) is 4.41. The molecule has 3 rings (SSSR count). The predicted molar refractivity (Wildman–Crippen MR) is 94.6 cm³/mol. The van der Waals surface area contributed by atoms with Gasteiger partial charge in [-0.05, 0) is 54.1 Å². The summed E-state index contributed by atoms with van der Waals surface area (Å²) in [4.78, 5) is 12.1. The molecule has 2 aromatic carbocycles. The molecule has 2 aromatic rings. The molecule has 126 valence electrons. The van der Waals surface area contributed by atoms with Crippen molar-refractivity contribution < 1.29 is 9.18 Å². The van der Waals surface area contributed by atoms with E-state index >= 15 is 0 Å². The van der Waals surface area contributed by atoms with Gasteiger partial charge in [0.2, 0.25) is 5.91 Å². The Morgan fingerprint density at radius 1 is 1.17 bits per heavy atom. The molecule has 0 bridgehead atoms. The van der Waals surface area contributed by atoms with Crippen LogP contribution in [0.2, 0.25) is 0 Å². The second-order valence-electron chi connectivity index (χ2n) is 6.21. The first-order chi connectivity index (χ1) is 11.7. The molecule has 0 saturated carbocycles. The van der Waals surface area contributed by atoms with Crippen molar-refractivity contribution in [3.63, 3.8) is 0 Å². The number of aryl methyl sites for hydroxylation is 2. The van der Waals surface area contributed by atoms with E-state index in [0.717, 1.165) is 29.7 Å². The van der Waals surface area contributed by atoms with Gasteiger partial charge in [-0.25, -0.2) is 4.39 Å². The zero-order valence-corrected chi connectivity index (χ0v) is 14.0. The van der Waals surface area contributed by atoms with E-state index in [-0.39, 0.29) is 11.7 Å². The van der Waals surface area contributed by atoms with Gasteiger partial charge in [0.25, 0.3) is 0 Å². The molecular weight excluding hydrogens is 303 g/mol. The predicted octanol–water partition coefficient (Wildman–Crippen LogP) is 3.61. The van der Waals surface area contributed by atoms with Crippen LogP contribution >= 0.6 is 0 Å². The van der Waals surface area contributed by atoms with Gasteiger partial charge in [0, 0.05) is 13.0 Å². The molecule has 0 spiro atoms. The van der Waals surface area contributed by atoms with Gasteiger partial charge in [0.1, 0.15) is 5.82 Å². The largest absolute Gasteiger partial charge is 0.324 e. The summed E-state index contributed by atoms with van der Waals surface area (Å²) in [5.74, 6) is -0.433. The number of hydrogen-bond donors (Lipinski definition) is 2. The van der Waals surface area contributed by atoms with Crippen LogP contribution in [0.3, 0.4) is 0 Å². The lowest BCUT2D eigenvalue weighted by Gasteiger charge is -2.19. The molecule has 1 aliphatic heterocycles. The third-order valence-electron chi connectivity index (χ3n) is 4.55. The second kappa shape index (κ2) is 7.58. The van der Waals surface area contributed by atoms with Crippen molar-refractivity contribution in [3.05, 3.63) is 64.5 Å². The Balaban J connectivity index is 1.60. The van der Waals surface area contributed by atoms with E-state index in [9.17, 15) is 9.18 Å². The van der Waals surface area contributed by atoms with E-state index < -0.39 is 0 Å². The van der Waals surface area contributed by atoms with Gasteiger partial charge in [-0.2, -0.15) is 0 Å². The fourth-order valence-corrected chi connectivity index (χ4v) is 3.04. The van der Waals surface area contributed by atoms with Crippen molar-refractivity contribution in [2.75, 3.05) is 11.9 Å². The van der Waals surface area contributed by atoms with Crippen LogP contribution in [0.5, 0.6) is 0 Å². The van der Waals surface area contributed by atoms with Crippen LogP contribution in [-0.2, 0) is 30.6 Å². The molecule has 24 heavy (non-hydrogen) atoms. The fourth-order valence-electron chi connectivity index (χ4n) is 3.04. The van der Waals surface area contributed by atoms with E-state index in [1.807, 2.05) is 6.07 Å². The van der Waals surface area contributed by atoms with Crippen LogP contribution in [0.25, 0.3) is 0 Å². The number of nitrogens with one attached hydrogen (secondary N) is 2. The third kappa shape index (κ3) is 3.82. The number of rotatable bonds is 5. The molecule has 1 heterocycles. The van der Waals surface area contributed by atoms with E-state index in [4.69, 9.17) is 0 Å². The molecule has 0 radical (unpaired) electrons. The van der Waals surface area contributed by atoms with Crippen LogP contribution in [0.4, 0.5) is 10.1 Å². The molecule has 0 fully saturated rings. The fraction of sp³-hybridized carbons (Fsp3) is 0.350. The topological polar surface area (TPSA) is 41.1 Å². The molecule has 3 nitrogen and oxygen atoms in total. The summed E-state index contributed by atoms with van der Waals surface area (Å²) in [5, 5.41) is 5.94. The SMILES string of the molecule is CCc1ccc(CCC(=O)Nc2ccc3c(c2F)CCNC3)cc1. The van der Waals surface area contributed by atoms with Crippen LogP contribution in [0.15, 0.2) is 36.4 Å². The molecule has 0 unspecified atom stereocenters. The van der Waals surface area contributed by atoms with Crippen LogP contribution in [-0.4, -0.2) is 12.5 Å². The zero-order valence-electron chi connectivity index (χ0n) is 14.0. The Kier molecular flexibility index (Phi) is 5.26. The summed E-state index contributed by atoms with van der Waals surface area (Å²) in [6.45, 7) is 3.58. The molecule has 0 aromatic heterocycles. The number of carbonyl (C=O) groups is 1. The standard InChI is InChI=1S/C20H23FN2O/c1-2-14-3-5-15(6-4-14)7-10-19(24)23-18-9-8-16-13-22-12-11-17(16)20(18)21/h3-6,8-9,22H,2,7,10-13H2,1H3,(H,23,24). The molecule has 1 aliphatic rings. The average molecular weight is 326 g/mol. The maximum atomic E-state index is 14.5. The number of carbonyl (C=O) groups excluding carboxylic acids is 1. The average Bonchev–Trinajstić information content (AvgIpc) is 2.63. The Morgan fingerprint density at radius 3 is 2.67 bits per heavy atom.